The molecule has 18 heavy (non-hydrogen) atoms. The van der Waals surface area contributed by atoms with Crippen LogP contribution < -0.4 is 5.56 Å². The molecule has 0 spiro atoms. The first-order chi connectivity index (χ1) is 8.75. The van der Waals surface area contributed by atoms with Gasteiger partial charge >= 0.3 is 0 Å². The lowest BCUT2D eigenvalue weighted by Gasteiger charge is -2.02. The minimum Gasteiger partial charge on any atom is -0.310 e. The third-order valence-electron chi connectivity index (χ3n) is 2.72. The molecule has 1 aromatic heterocycles. The minimum atomic E-state index is -0.0701. The van der Waals surface area contributed by atoms with Crippen molar-refractivity contribution in [3.8, 4) is 0 Å². The topological polar surface area (TPSA) is 45.8 Å². The summed E-state index contributed by atoms with van der Waals surface area (Å²) < 4.78 is 0. The highest BCUT2D eigenvalue weighted by Crippen LogP contribution is 2.20. The molecule has 1 N–H and O–H groups in total. The Bertz CT molecular complexity index is 744. The minimum absolute atomic E-state index is 0.0701. The van der Waals surface area contributed by atoms with E-state index < -0.39 is 0 Å². The summed E-state index contributed by atoms with van der Waals surface area (Å²) in [4.78, 5) is 19.0. The smallest absolute Gasteiger partial charge is 0.259 e. The normalized spacial score (nSPS) is 10.2. The van der Waals surface area contributed by atoms with Gasteiger partial charge in [0.1, 0.15) is 5.82 Å². The van der Waals surface area contributed by atoms with Crippen molar-refractivity contribution in [2.75, 3.05) is 0 Å². The first-order valence-corrected chi connectivity index (χ1v) is 6.14. The third-order valence-corrected chi connectivity index (χ3v) is 2.72. The van der Waals surface area contributed by atoms with Crippen molar-refractivity contribution < 1.29 is 0 Å². The Hall–Kier alpha value is -2.16. The maximum Gasteiger partial charge on any atom is 0.259 e. The Labute approximate surface area is 105 Å². The van der Waals surface area contributed by atoms with Gasteiger partial charge in [-0.1, -0.05) is 44.2 Å². The molecule has 3 nitrogen and oxygen atoms in total. The van der Waals surface area contributed by atoms with E-state index in [1.54, 1.807) is 6.92 Å². The molecule has 0 amide bonds. The van der Waals surface area contributed by atoms with Gasteiger partial charge in [-0.3, -0.25) is 4.79 Å². The number of fused-ring (bicyclic) bond motifs is 3. The number of aromatic amines is 1. The Morgan fingerprint density at radius 2 is 1.78 bits per heavy atom. The standard InChI is InChI=1S/C13H10N2O.C2H6/c1-8-14-11-7-6-9-4-2-3-5-10(9)12(11)13(16)15-8;1-2/h2-7H,1H3,(H,14,15,16);1-2H3. The number of rotatable bonds is 0. The molecule has 3 heteroatoms. The van der Waals surface area contributed by atoms with Gasteiger partial charge in [-0.25, -0.2) is 4.98 Å². The summed E-state index contributed by atoms with van der Waals surface area (Å²) in [5.74, 6) is 0.646. The summed E-state index contributed by atoms with van der Waals surface area (Å²) in [6.07, 6.45) is 0. The van der Waals surface area contributed by atoms with Gasteiger partial charge in [0.2, 0.25) is 0 Å². The number of hydrogen-bond acceptors (Lipinski definition) is 2. The van der Waals surface area contributed by atoms with E-state index in [2.05, 4.69) is 9.97 Å². The second-order valence-corrected chi connectivity index (χ2v) is 3.83. The highest BCUT2D eigenvalue weighted by atomic mass is 16.1. The van der Waals surface area contributed by atoms with Crippen molar-refractivity contribution in [1.82, 2.24) is 9.97 Å². The second kappa shape index (κ2) is 5.00. The second-order valence-electron chi connectivity index (χ2n) is 3.83. The fraction of sp³-hybridized carbons (Fsp3) is 0.200. The fourth-order valence-corrected chi connectivity index (χ4v) is 2.03. The van der Waals surface area contributed by atoms with Gasteiger partial charge in [0, 0.05) is 0 Å². The summed E-state index contributed by atoms with van der Waals surface area (Å²) >= 11 is 0. The molecule has 0 radical (unpaired) electrons. The van der Waals surface area contributed by atoms with Crippen LogP contribution in [-0.2, 0) is 0 Å². The average Bonchev–Trinajstić information content (AvgIpc) is 2.40. The van der Waals surface area contributed by atoms with Crippen LogP contribution in [0.4, 0.5) is 0 Å². The summed E-state index contributed by atoms with van der Waals surface area (Å²) in [5, 5.41) is 2.68. The maximum atomic E-state index is 11.9. The molecule has 0 saturated carbocycles. The van der Waals surface area contributed by atoms with E-state index in [1.165, 1.54) is 0 Å². The van der Waals surface area contributed by atoms with Crippen LogP contribution in [0.2, 0.25) is 0 Å². The maximum absolute atomic E-state index is 11.9. The fourth-order valence-electron chi connectivity index (χ4n) is 2.03. The van der Waals surface area contributed by atoms with E-state index in [1.807, 2.05) is 50.2 Å². The van der Waals surface area contributed by atoms with E-state index >= 15 is 0 Å². The molecule has 2 aromatic carbocycles. The zero-order valence-electron chi connectivity index (χ0n) is 10.8. The lowest BCUT2D eigenvalue weighted by atomic mass is 10.1. The third kappa shape index (κ3) is 1.99. The van der Waals surface area contributed by atoms with Crippen LogP contribution in [-0.4, -0.2) is 9.97 Å². The van der Waals surface area contributed by atoms with Gasteiger partial charge < -0.3 is 4.98 Å². The number of nitrogens with one attached hydrogen (secondary N) is 1. The van der Waals surface area contributed by atoms with Crippen LogP contribution in [0.5, 0.6) is 0 Å². The summed E-state index contributed by atoms with van der Waals surface area (Å²) in [7, 11) is 0. The van der Waals surface area contributed by atoms with Crippen molar-refractivity contribution in [1.29, 1.82) is 0 Å². The Kier molecular flexibility index (Phi) is 3.42. The monoisotopic (exact) mass is 240 g/mol. The zero-order chi connectivity index (χ0) is 13.1. The molecule has 0 unspecified atom stereocenters. The molecule has 1 heterocycles. The van der Waals surface area contributed by atoms with Crippen molar-refractivity contribution in [2.45, 2.75) is 20.8 Å². The number of nitrogens with zero attached hydrogens (tertiary/aromatic N) is 1. The molecule has 0 bridgehead atoms. The van der Waals surface area contributed by atoms with Gasteiger partial charge in [0.25, 0.3) is 5.56 Å². The molecule has 0 aliphatic heterocycles. The van der Waals surface area contributed by atoms with E-state index in [4.69, 9.17) is 0 Å². The van der Waals surface area contributed by atoms with E-state index in [0.717, 1.165) is 16.3 Å². The molecule has 0 aliphatic rings. The van der Waals surface area contributed by atoms with Gasteiger partial charge in [0.15, 0.2) is 0 Å². The lowest BCUT2D eigenvalue weighted by molar-refractivity contribution is 1.06. The van der Waals surface area contributed by atoms with Crippen molar-refractivity contribution >= 4 is 21.7 Å². The zero-order valence-corrected chi connectivity index (χ0v) is 10.8. The van der Waals surface area contributed by atoms with Gasteiger partial charge in [-0.15, -0.1) is 0 Å². The Balaban J connectivity index is 0.000000574. The molecule has 3 rings (SSSR count). The van der Waals surface area contributed by atoms with Crippen LogP contribution in [0.25, 0.3) is 21.7 Å². The molecule has 92 valence electrons. The quantitative estimate of drug-likeness (QED) is 0.612. The lowest BCUT2D eigenvalue weighted by Crippen LogP contribution is -2.09. The van der Waals surface area contributed by atoms with E-state index in [-0.39, 0.29) is 5.56 Å². The molecule has 0 atom stereocenters. The Morgan fingerprint density at radius 1 is 1.06 bits per heavy atom. The molecule has 0 saturated heterocycles. The SMILES string of the molecule is CC.Cc1nc2ccc3ccccc3c2c(=O)[nH]1. The summed E-state index contributed by atoms with van der Waals surface area (Å²) in [6.45, 7) is 5.79. The first kappa shape index (κ1) is 12.3. The number of hydrogen-bond donors (Lipinski definition) is 1. The summed E-state index contributed by atoms with van der Waals surface area (Å²) in [6, 6.07) is 11.7. The number of aryl methyl sites for hydroxylation is 1. The number of H-pyrrole nitrogens is 1. The first-order valence-electron chi connectivity index (χ1n) is 6.14. The number of aromatic nitrogens is 2. The van der Waals surface area contributed by atoms with Crippen LogP contribution in [0, 0.1) is 6.92 Å². The van der Waals surface area contributed by atoms with E-state index in [9.17, 15) is 4.79 Å². The predicted octanol–water partition coefficient (Wildman–Crippen LogP) is 3.41. The van der Waals surface area contributed by atoms with Crippen LogP contribution >= 0.6 is 0 Å². The van der Waals surface area contributed by atoms with Crippen LogP contribution in [0.3, 0.4) is 0 Å². The van der Waals surface area contributed by atoms with Gasteiger partial charge in [-0.05, 0) is 23.8 Å². The average molecular weight is 240 g/mol. The van der Waals surface area contributed by atoms with Crippen LogP contribution in [0.1, 0.15) is 19.7 Å². The summed E-state index contributed by atoms with van der Waals surface area (Å²) in [5.41, 5.74) is 0.680. The van der Waals surface area contributed by atoms with Gasteiger partial charge in [-0.2, -0.15) is 0 Å². The van der Waals surface area contributed by atoms with Gasteiger partial charge in [0.05, 0.1) is 10.9 Å². The van der Waals surface area contributed by atoms with Crippen molar-refractivity contribution in [2.24, 2.45) is 0 Å². The largest absolute Gasteiger partial charge is 0.310 e. The van der Waals surface area contributed by atoms with Crippen molar-refractivity contribution in [3.63, 3.8) is 0 Å². The predicted molar refractivity (Wildman–Crippen MR) is 76.0 cm³/mol. The number of benzene rings is 2. The van der Waals surface area contributed by atoms with Crippen LogP contribution in [0.15, 0.2) is 41.2 Å². The van der Waals surface area contributed by atoms with E-state index in [0.29, 0.717) is 11.2 Å². The molecule has 0 fully saturated rings. The molecular weight excluding hydrogens is 224 g/mol. The van der Waals surface area contributed by atoms with Crippen molar-refractivity contribution in [3.05, 3.63) is 52.6 Å². The Morgan fingerprint density at radius 3 is 2.56 bits per heavy atom. The highest BCUT2D eigenvalue weighted by molar-refractivity contribution is 6.05. The molecule has 0 aliphatic carbocycles. The molecular formula is C15H16N2O. The molecule has 3 aromatic rings. The highest BCUT2D eigenvalue weighted by Gasteiger charge is 2.05.